The fourth-order valence-electron chi connectivity index (χ4n) is 2.90. The van der Waals surface area contributed by atoms with Gasteiger partial charge in [0.1, 0.15) is 0 Å². The number of amides is 1. The summed E-state index contributed by atoms with van der Waals surface area (Å²) >= 11 is 0. The van der Waals surface area contributed by atoms with Gasteiger partial charge in [0.2, 0.25) is 5.91 Å². The van der Waals surface area contributed by atoms with Crippen LogP contribution in [-0.4, -0.2) is 23.9 Å². The first kappa shape index (κ1) is 16.1. The number of carbonyl (C=O) groups is 1. The lowest BCUT2D eigenvalue weighted by molar-refractivity contribution is -0.131. The van der Waals surface area contributed by atoms with Crippen LogP contribution < -0.4 is 0 Å². The number of benzene rings is 1. The van der Waals surface area contributed by atoms with Crippen LogP contribution in [0.2, 0.25) is 0 Å². The molecule has 2 heteroatoms. The Hall–Kier alpha value is -1.31. The summed E-state index contributed by atoms with van der Waals surface area (Å²) in [5.74, 6) is 0.330. The van der Waals surface area contributed by atoms with Crippen LogP contribution in [-0.2, 0) is 16.6 Å². The van der Waals surface area contributed by atoms with Gasteiger partial charge in [-0.2, -0.15) is 0 Å². The monoisotopic (exact) mass is 287 g/mol. The molecule has 21 heavy (non-hydrogen) atoms. The molecule has 0 aliphatic carbocycles. The summed E-state index contributed by atoms with van der Waals surface area (Å²) in [6.45, 7) is 8.60. The second-order valence-electron chi connectivity index (χ2n) is 7.24. The Morgan fingerprint density at radius 1 is 1.00 bits per heavy atom. The maximum Gasteiger partial charge on any atom is 0.222 e. The number of aryl methyl sites for hydroxylation is 1. The van der Waals surface area contributed by atoms with Gasteiger partial charge >= 0.3 is 0 Å². The molecule has 1 amide bonds. The predicted octanol–water partition coefficient (Wildman–Crippen LogP) is 4.32. The van der Waals surface area contributed by atoms with Crippen LogP contribution in [0, 0.1) is 0 Å². The molecule has 1 aromatic carbocycles. The lowest BCUT2D eigenvalue weighted by Crippen LogP contribution is -2.31. The van der Waals surface area contributed by atoms with Crippen molar-refractivity contribution in [3.05, 3.63) is 35.4 Å². The summed E-state index contributed by atoms with van der Waals surface area (Å²) in [5.41, 5.74) is 2.82. The lowest BCUT2D eigenvalue weighted by Gasteiger charge is -2.21. The first-order valence-corrected chi connectivity index (χ1v) is 8.34. The molecule has 0 N–H and O–H groups in total. The third kappa shape index (κ3) is 4.87. The van der Waals surface area contributed by atoms with Gasteiger partial charge in [0.25, 0.3) is 0 Å². The Kier molecular flexibility index (Phi) is 5.44. The van der Waals surface area contributed by atoms with Gasteiger partial charge in [0.05, 0.1) is 0 Å². The Labute approximate surface area is 129 Å². The lowest BCUT2D eigenvalue weighted by atomic mass is 9.86. The molecule has 2 nitrogen and oxygen atoms in total. The zero-order valence-electron chi connectivity index (χ0n) is 13.8. The highest BCUT2D eigenvalue weighted by Gasteiger charge is 2.16. The number of rotatable bonds is 3. The Morgan fingerprint density at radius 2 is 1.57 bits per heavy atom. The molecular formula is C19H29NO. The van der Waals surface area contributed by atoms with Gasteiger partial charge < -0.3 is 4.90 Å². The van der Waals surface area contributed by atoms with Crippen LogP contribution >= 0.6 is 0 Å². The molecule has 0 radical (unpaired) electrons. The van der Waals surface area contributed by atoms with E-state index in [-0.39, 0.29) is 5.41 Å². The highest BCUT2D eigenvalue weighted by atomic mass is 16.2. The third-order valence-corrected chi connectivity index (χ3v) is 4.41. The van der Waals surface area contributed by atoms with E-state index in [0.29, 0.717) is 12.3 Å². The van der Waals surface area contributed by atoms with Crippen molar-refractivity contribution in [3.8, 4) is 0 Å². The molecular weight excluding hydrogens is 258 g/mol. The normalized spacial score (nSPS) is 16.6. The summed E-state index contributed by atoms with van der Waals surface area (Å²) in [5, 5.41) is 0. The van der Waals surface area contributed by atoms with Crippen LogP contribution in [0.15, 0.2) is 24.3 Å². The molecule has 0 bridgehead atoms. The SMILES string of the molecule is CC(C)(C)c1ccc(CCC(=O)N2CCCCCC2)cc1. The van der Waals surface area contributed by atoms with E-state index < -0.39 is 0 Å². The summed E-state index contributed by atoms with van der Waals surface area (Å²) in [6.07, 6.45) is 6.41. The van der Waals surface area contributed by atoms with Crippen molar-refractivity contribution >= 4 is 5.91 Å². The van der Waals surface area contributed by atoms with E-state index in [0.717, 1.165) is 19.5 Å². The highest BCUT2D eigenvalue weighted by molar-refractivity contribution is 5.76. The van der Waals surface area contributed by atoms with Gasteiger partial charge in [0.15, 0.2) is 0 Å². The molecule has 1 aliphatic heterocycles. The summed E-state index contributed by atoms with van der Waals surface area (Å²) in [6, 6.07) is 8.75. The zero-order valence-corrected chi connectivity index (χ0v) is 13.8. The largest absolute Gasteiger partial charge is 0.343 e. The van der Waals surface area contributed by atoms with Gasteiger partial charge in [-0.15, -0.1) is 0 Å². The first-order valence-electron chi connectivity index (χ1n) is 8.34. The molecule has 2 rings (SSSR count). The molecule has 0 spiro atoms. The van der Waals surface area contributed by atoms with E-state index in [1.807, 2.05) is 0 Å². The quantitative estimate of drug-likeness (QED) is 0.811. The van der Waals surface area contributed by atoms with Crippen LogP contribution in [0.1, 0.15) is 64.0 Å². The van der Waals surface area contributed by atoms with Gasteiger partial charge in [0, 0.05) is 19.5 Å². The molecule has 0 aromatic heterocycles. The van der Waals surface area contributed by atoms with E-state index in [2.05, 4.69) is 49.9 Å². The van der Waals surface area contributed by atoms with Crippen molar-refractivity contribution in [3.63, 3.8) is 0 Å². The van der Waals surface area contributed by atoms with E-state index in [9.17, 15) is 4.79 Å². The fourth-order valence-corrected chi connectivity index (χ4v) is 2.90. The summed E-state index contributed by atoms with van der Waals surface area (Å²) < 4.78 is 0. The van der Waals surface area contributed by atoms with Crippen molar-refractivity contribution in [2.45, 2.75) is 64.7 Å². The second kappa shape index (κ2) is 7.11. The van der Waals surface area contributed by atoms with Crippen molar-refractivity contribution in [2.75, 3.05) is 13.1 Å². The van der Waals surface area contributed by atoms with Crippen molar-refractivity contribution < 1.29 is 4.79 Å². The number of likely N-dealkylation sites (tertiary alicyclic amines) is 1. The standard InChI is InChI=1S/C19H29NO/c1-19(2,3)17-11-8-16(9-12-17)10-13-18(21)20-14-6-4-5-7-15-20/h8-9,11-12H,4-7,10,13-15H2,1-3H3. The Balaban J connectivity index is 1.86. The van der Waals surface area contributed by atoms with Crippen LogP contribution in [0.5, 0.6) is 0 Å². The van der Waals surface area contributed by atoms with Crippen LogP contribution in [0.4, 0.5) is 0 Å². The van der Waals surface area contributed by atoms with E-state index in [4.69, 9.17) is 0 Å². The average molecular weight is 287 g/mol. The molecule has 0 unspecified atom stereocenters. The van der Waals surface area contributed by atoms with Gasteiger partial charge in [-0.25, -0.2) is 0 Å². The molecule has 0 atom stereocenters. The number of carbonyl (C=O) groups excluding carboxylic acids is 1. The number of hydrogen-bond donors (Lipinski definition) is 0. The smallest absolute Gasteiger partial charge is 0.222 e. The predicted molar refractivity (Wildman–Crippen MR) is 88.5 cm³/mol. The van der Waals surface area contributed by atoms with Gasteiger partial charge in [-0.1, -0.05) is 57.9 Å². The van der Waals surface area contributed by atoms with E-state index in [1.165, 1.54) is 36.8 Å². The molecule has 1 saturated heterocycles. The molecule has 1 heterocycles. The molecule has 1 fully saturated rings. The maximum atomic E-state index is 12.3. The number of hydrogen-bond acceptors (Lipinski definition) is 1. The van der Waals surface area contributed by atoms with Gasteiger partial charge in [-0.05, 0) is 35.8 Å². The van der Waals surface area contributed by atoms with Crippen molar-refractivity contribution in [1.82, 2.24) is 4.90 Å². The summed E-state index contributed by atoms with van der Waals surface area (Å²) in [7, 11) is 0. The molecule has 116 valence electrons. The maximum absolute atomic E-state index is 12.3. The minimum absolute atomic E-state index is 0.195. The average Bonchev–Trinajstić information content (AvgIpc) is 2.73. The Bertz CT molecular complexity index is 447. The van der Waals surface area contributed by atoms with Crippen molar-refractivity contribution in [1.29, 1.82) is 0 Å². The minimum Gasteiger partial charge on any atom is -0.343 e. The molecule has 1 aliphatic rings. The molecule has 0 saturated carbocycles. The number of nitrogens with zero attached hydrogens (tertiary/aromatic N) is 1. The topological polar surface area (TPSA) is 20.3 Å². The Morgan fingerprint density at radius 3 is 2.10 bits per heavy atom. The minimum atomic E-state index is 0.195. The highest BCUT2D eigenvalue weighted by Crippen LogP contribution is 2.22. The first-order chi connectivity index (χ1) is 9.97. The zero-order chi connectivity index (χ0) is 15.3. The van der Waals surface area contributed by atoms with E-state index >= 15 is 0 Å². The van der Waals surface area contributed by atoms with E-state index in [1.54, 1.807) is 0 Å². The third-order valence-electron chi connectivity index (χ3n) is 4.41. The summed E-state index contributed by atoms with van der Waals surface area (Å²) in [4.78, 5) is 14.3. The molecule has 1 aromatic rings. The fraction of sp³-hybridized carbons (Fsp3) is 0.632. The van der Waals surface area contributed by atoms with Crippen LogP contribution in [0.3, 0.4) is 0 Å². The van der Waals surface area contributed by atoms with Gasteiger partial charge in [-0.3, -0.25) is 4.79 Å². The van der Waals surface area contributed by atoms with Crippen LogP contribution in [0.25, 0.3) is 0 Å². The second-order valence-corrected chi connectivity index (χ2v) is 7.24. The van der Waals surface area contributed by atoms with Crippen molar-refractivity contribution in [2.24, 2.45) is 0 Å².